The van der Waals surface area contributed by atoms with Gasteiger partial charge in [0.1, 0.15) is 12.3 Å². The van der Waals surface area contributed by atoms with Crippen LogP contribution in [-0.4, -0.2) is 17.1 Å². The molecule has 0 N–H and O–H groups in total. The maximum absolute atomic E-state index is 11.1. The van der Waals surface area contributed by atoms with Crippen molar-refractivity contribution in [3.63, 3.8) is 0 Å². The van der Waals surface area contributed by atoms with Gasteiger partial charge in [-0.3, -0.25) is 0 Å². The molecule has 0 radical (unpaired) electrons. The first-order valence-electron chi connectivity index (χ1n) is 5.35. The van der Waals surface area contributed by atoms with Crippen molar-refractivity contribution in [1.82, 2.24) is 4.31 Å². The quantitative estimate of drug-likeness (QED) is 0.575. The van der Waals surface area contributed by atoms with Crippen LogP contribution in [0.4, 0.5) is 0 Å². The molecule has 2 rings (SSSR count). The zero-order chi connectivity index (χ0) is 10.7. The molecule has 2 nitrogen and oxygen atoms in total. The molecular formula is C12H15NOS. The smallest absolute Gasteiger partial charge is 0.142 e. The molecule has 1 atom stereocenters. The Labute approximate surface area is 94.8 Å². The lowest BCUT2D eigenvalue weighted by atomic mass is 10.1. The molecule has 1 aromatic rings. The minimum absolute atomic E-state index is 0.0438. The fourth-order valence-electron chi connectivity index (χ4n) is 1.79. The highest BCUT2D eigenvalue weighted by Crippen LogP contribution is 2.42. The zero-order valence-electron chi connectivity index (χ0n) is 8.85. The molecule has 0 saturated heterocycles. The van der Waals surface area contributed by atoms with Crippen molar-refractivity contribution in [2.45, 2.75) is 30.7 Å². The predicted octanol–water partition coefficient (Wildman–Crippen LogP) is 3.05. The highest BCUT2D eigenvalue weighted by molar-refractivity contribution is 7.97. The average molecular weight is 221 g/mol. The van der Waals surface area contributed by atoms with Crippen LogP contribution < -0.4 is 0 Å². The van der Waals surface area contributed by atoms with E-state index in [0.717, 1.165) is 24.8 Å². The largest absolute Gasteiger partial charge is 0.301 e. The van der Waals surface area contributed by atoms with E-state index < -0.39 is 0 Å². The van der Waals surface area contributed by atoms with E-state index in [1.807, 2.05) is 18.2 Å². The highest BCUT2D eigenvalue weighted by atomic mass is 32.2. The van der Waals surface area contributed by atoms with E-state index >= 15 is 0 Å². The standard InChI is InChI=1S/C12H15NOS/c1-2-3-8-13-11(9-14)10-6-4-5-7-12(10)15-13/h4-7,9,11H,2-3,8H2,1H3. The minimum Gasteiger partial charge on any atom is -0.301 e. The van der Waals surface area contributed by atoms with Crippen LogP contribution >= 0.6 is 11.9 Å². The first-order valence-corrected chi connectivity index (χ1v) is 6.13. The number of hydrogen-bond acceptors (Lipinski definition) is 3. The van der Waals surface area contributed by atoms with Gasteiger partial charge in [-0.25, -0.2) is 4.31 Å². The molecule has 1 aromatic carbocycles. The van der Waals surface area contributed by atoms with Crippen molar-refractivity contribution in [3.8, 4) is 0 Å². The molecule has 0 amide bonds. The van der Waals surface area contributed by atoms with Gasteiger partial charge in [0.25, 0.3) is 0 Å². The number of carbonyl (C=O) groups excluding carboxylic acids is 1. The Morgan fingerprint density at radius 3 is 3.00 bits per heavy atom. The molecule has 15 heavy (non-hydrogen) atoms. The molecule has 0 aliphatic carbocycles. The Morgan fingerprint density at radius 2 is 2.27 bits per heavy atom. The summed E-state index contributed by atoms with van der Waals surface area (Å²) in [7, 11) is 0. The monoisotopic (exact) mass is 221 g/mol. The zero-order valence-corrected chi connectivity index (χ0v) is 9.67. The number of hydrogen-bond donors (Lipinski definition) is 0. The van der Waals surface area contributed by atoms with Gasteiger partial charge in [-0.05, 0) is 30.0 Å². The summed E-state index contributed by atoms with van der Waals surface area (Å²) < 4.78 is 2.18. The third-order valence-corrected chi connectivity index (χ3v) is 3.84. The summed E-state index contributed by atoms with van der Waals surface area (Å²) in [6, 6.07) is 8.12. The SMILES string of the molecule is CCCCN1Sc2ccccc2C1C=O. The van der Waals surface area contributed by atoms with Crippen molar-refractivity contribution in [2.75, 3.05) is 6.54 Å². The third kappa shape index (κ3) is 2.08. The summed E-state index contributed by atoms with van der Waals surface area (Å²) >= 11 is 1.71. The van der Waals surface area contributed by atoms with E-state index in [0.29, 0.717) is 0 Å². The van der Waals surface area contributed by atoms with Crippen molar-refractivity contribution in [3.05, 3.63) is 29.8 Å². The van der Waals surface area contributed by atoms with E-state index in [1.165, 1.54) is 11.3 Å². The molecule has 3 heteroatoms. The second-order valence-corrected chi connectivity index (χ2v) is 4.80. The first kappa shape index (κ1) is 10.7. The molecule has 1 heterocycles. The van der Waals surface area contributed by atoms with Crippen molar-refractivity contribution in [2.24, 2.45) is 0 Å². The number of nitrogens with zero attached hydrogens (tertiary/aromatic N) is 1. The summed E-state index contributed by atoms with van der Waals surface area (Å²) in [5, 5.41) is 0. The van der Waals surface area contributed by atoms with Crippen molar-refractivity contribution in [1.29, 1.82) is 0 Å². The molecule has 1 unspecified atom stereocenters. The Bertz CT molecular complexity index is 353. The van der Waals surface area contributed by atoms with E-state index in [1.54, 1.807) is 11.9 Å². The lowest BCUT2D eigenvalue weighted by molar-refractivity contribution is -0.110. The van der Waals surface area contributed by atoms with E-state index in [-0.39, 0.29) is 6.04 Å². The Balaban J connectivity index is 2.17. The van der Waals surface area contributed by atoms with Crippen LogP contribution in [0.5, 0.6) is 0 Å². The summed E-state index contributed by atoms with van der Waals surface area (Å²) in [6.07, 6.45) is 3.36. The van der Waals surface area contributed by atoms with Gasteiger partial charge >= 0.3 is 0 Å². The summed E-state index contributed by atoms with van der Waals surface area (Å²) in [5.74, 6) is 0. The number of benzene rings is 1. The second-order valence-electron chi connectivity index (χ2n) is 3.70. The van der Waals surface area contributed by atoms with Gasteiger partial charge in [-0.1, -0.05) is 31.5 Å². The number of aldehydes is 1. The topological polar surface area (TPSA) is 20.3 Å². The molecule has 1 aliphatic heterocycles. The molecule has 80 valence electrons. The number of rotatable bonds is 4. The second kappa shape index (κ2) is 4.81. The number of unbranched alkanes of at least 4 members (excludes halogenated alkanes) is 1. The number of carbonyl (C=O) groups is 1. The van der Waals surface area contributed by atoms with Gasteiger partial charge in [0.05, 0.1) is 0 Å². The van der Waals surface area contributed by atoms with E-state index in [9.17, 15) is 4.79 Å². The molecule has 0 spiro atoms. The fourth-order valence-corrected chi connectivity index (χ4v) is 2.97. The summed E-state index contributed by atoms with van der Waals surface area (Å²) in [5.41, 5.74) is 1.16. The van der Waals surface area contributed by atoms with Gasteiger partial charge in [0.15, 0.2) is 0 Å². The van der Waals surface area contributed by atoms with Crippen LogP contribution in [-0.2, 0) is 4.79 Å². The van der Waals surface area contributed by atoms with Crippen LogP contribution in [0.15, 0.2) is 29.2 Å². The maximum Gasteiger partial charge on any atom is 0.142 e. The highest BCUT2D eigenvalue weighted by Gasteiger charge is 2.29. The summed E-state index contributed by atoms with van der Waals surface area (Å²) in [4.78, 5) is 12.3. The molecule has 0 saturated carbocycles. The van der Waals surface area contributed by atoms with Crippen LogP contribution in [0.1, 0.15) is 31.4 Å². The Hall–Kier alpha value is -0.800. The Kier molecular flexibility index (Phi) is 3.44. The third-order valence-electron chi connectivity index (χ3n) is 2.62. The first-order chi connectivity index (χ1) is 7.36. The van der Waals surface area contributed by atoms with Gasteiger partial charge in [-0.15, -0.1) is 0 Å². The predicted molar refractivity (Wildman–Crippen MR) is 62.7 cm³/mol. The molecule has 0 bridgehead atoms. The Morgan fingerprint density at radius 1 is 1.47 bits per heavy atom. The average Bonchev–Trinajstić information content (AvgIpc) is 2.63. The van der Waals surface area contributed by atoms with Crippen molar-refractivity contribution < 1.29 is 4.79 Å². The van der Waals surface area contributed by atoms with Crippen LogP contribution in [0.3, 0.4) is 0 Å². The molecular weight excluding hydrogens is 206 g/mol. The molecule has 0 aromatic heterocycles. The van der Waals surface area contributed by atoms with Gasteiger partial charge in [0.2, 0.25) is 0 Å². The maximum atomic E-state index is 11.1. The van der Waals surface area contributed by atoms with Crippen LogP contribution in [0.25, 0.3) is 0 Å². The van der Waals surface area contributed by atoms with Crippen molar-refractivity contribution >= 4 is 18.2 Å². The molecule has 1 aliphatic rings. The fraction of sp³-hybridized carbons (Fsp3) is 0.417. The van der Waals surface area contributed by atoms with Crippen LogP contribution in [0.2, 0.25) is 0 Å². The van der Waals surface area contributed by atoms with E-state index in [4.69, 9.17) is 0 Å². The van der Waals surface area contributed by atoms with Crippen LogP contribution in [0, 0.1) is 0 Å². The van der Waals surface area contributed by atoms with Gasteiger partial charge in [0, 0.05) is 11.4 Å². The van der Waals surface area contributed by atoms with Gasteiger partial charge in [-0.2, -0.15) is 0 Å². The van der Waals surface area contributed by atoms with E-state index in [2.05, 4.69) is 17.3 Å². The van der Waals surface area contributed by atoms with Gasteiger partial charge < -0.3 is 4.79 Å². The normalized spacial score (nSPS) is 20.2. The lowest BCUT2D eigenvalue weighted by Gasteiger charge is -2.17. The summed E-state index contributed by atoms with van der Waals surface area (Å²) in [6.45, 7) is 3.16. The molecule has 0 fully saturated rings. The number of fused-ring (bicyclic) bond motifs is 1. The lowest BCUT2D eigenvalue weighted by Crippen LogP contribution is -2.19. The minimum atomic E-state index is -0.0438.